The van der Waals surface area contributed by atoms with E-state index in [9.17, 15) is 8.42 Å². The molecule has 1 aromatic carbocycles. The molecule has 0 saturated heterocycles. The smallest absolute Gasteiger partial charge is 0.240 e. The van der Waals surface area contributed by atoms with Gasteiger partial charge in [0.2, 0.25) is 10.0 Å². The molecule has 0 unspecified atom stereocenters. The monoisotopic (exact) mass is 266 g/mol. The average molecular weight is 266 g/mol. The highest BCUT2D eigenvalue weighted by atomic mass is 32.2. The van der Waals surface area contributed by atoms with E-state index in [0.717, 1.165) is 12.1 Å². The van der Waals surface area contributed by atoms with Crippen LogP contribution >= 0.6 is 0 Å². The van der Waals surface area contributed by atoms with Gasteiger partial charge in [0, 0.05) is 19.5 Å². The van der Waals surface area contributed by atoms with Gasteiger partial charge in [0.15, 0.2) is 0 Å². The standard InChI is InChI=1S/C13H18N2O2S/c1-3-4-5-10-15-18(16,17)13-8-6-12(7-9-13)11-14-2/h6-9,14-15H,5,10-11H2,1-2H3. The first-order valence-electron chi connectivity index (χ1n) is 5.73. The van der Waals surface area contributed by atoms with E-state index in [1.165, 1.54) is 0 Å². The summed E-state index contributed by atoms with van der Waals surface area (Å²) < 4.78 is 26.3. The Hall–Kier alpha value is -1.35. The Bertz CT molecular complexity index is 524. The number of nitrogens with one attached hydrogen (secondary N) is 2. The Morgan fingerprint density at radius 2 is 1.89 bits per heavy atom. The first-order valence-corrected chi connectivity index (χ1v) is 7.21. The summed E-state index contributed by atoms with van der Waals surface area (Å²) in [6, 6.07) is 6.83. The number of sulfonamides is 1. The number of hydrogen-bond donors (Lipinski definition) is 2. The van der Waals surface area contributed by atoms with Gasteiger partial charge in [-0.2, -0.15) is 0 Å². The van der Waals surface area contributed by atoms with E-state index in [0.29, 0.717) is 13.0 Å². The maximum Gasteiger partial charge on any atom is 0.240 e. The second-order valence-corrected chi connectivity index (χ2v) is 5.52. The van der Waals surface area contributed by atoms with Crippen LogP contribution in [0, 0.1) is 11.8 Å². The largest absolute Gasteiger partial charge is 0.316 e. The van der Waals surface area contributed by atoms with Gasteiger partial charge in [0.05, 0.1) is 4.90 Å². The molecule has 18 heavy (non-hydrogen) atoms. The highest BCUT2D eigenvalue weighted by molar-refractivity contribution is 7.89. The Morgan fingerprint density at radius 3 is 2.44 bits per heavy atom. The minimum atomic E-state index is -3.41. The molecular weight excluding hydrogens is 248 g/mol. The van der Waals surface area contributed by atoms with E-state index >= 15 is 0 Å². The van der Waals surface area contributed by atoms with Crippen molar-refractivity contribution in [3.05, 3.63) is 29.8 Å². The van der Waals surface area contributed by atoms with E-state index < -0.39 is 10.0 Å². The molecule has 0 aliphatic heterocycles. The molecule has 0 fully saturated rings. The zero-order valence-corrected chi connectivity index (χ0v) is 11.5. The lowest BCUT2D eigenvalue weighted by Gasteiger charge is -2.06. The molecule has 0 bridgehead atoms. The molecule has 0 aliphatic carbocycles. The summed E-state index contributed by atoms with van der Waals surface area (Å²) in [5.74, 6) is 5.54. The molecule has 1 aromatic rings. The normalized spacial score (nSPS) is 10.8. The molecule has 2 N–H and O–H groups in total. The van der Waals surface area contributed by atoms with Gasteiger partial charge in [-0.05, 0) is 31.7 Å². The molecule has 0 aromatic heterocycles. The van der Waals surface area contributed by atoms with Crippen LogP contribution in [0.5, 0.6) is 0 Å². The maximum atomic E-state index is 11.9. The molecule has 0 spiro atoms. The molecule has 1 rings (SSSR count). The highest BCUT2D eigenvalue weighted by Gasteiger charge is 2.12. The molecule has 0 radical (unpaired) electrons. The van der Waals surface area contributed by atoms with Gasteiger partial charge in [0.1, 0.15) is 0 Å². The van der Waals surface area contributed by atoms with Gasteiger partial charge in [-0.15, -0.1) is 11.8 Å². The number of benzene rings is 1. The molecule has 0 atom stereocenters. The third-order valence-electron chi connectivity index (χ3n) is 2.33. The van der Waals surface area contributed by atoms with Gasteiger partial charge in [-0.1, -0.05) is 12.1 Å². The van der Waals surface area contributed by atoms with E-state index in [1.807, 2.05) is 7.05 Å². The van der Waals surface area contributed by atoms with Crippen molar-refractivity contribution in [2.45, 2.75) is 24.8 Å². The average Bonchev–Trinajstić information content (AvgIpc) is 2.36. The molecular formula is C13H18N2O2S. The quantitative estimate of drug-likeness (QED) is 0.599. The number of rotatable bonds is 6. The van der Waals surface area contributed by atoms with Crippen molar-refractivity contribution in [2.24, 2.45) is 0 Å². The minimum absolute atomic E-state index is 0.284. The number of hydrogen-bond acceptors (Lipinski definition) is 3. The zero-order chi connectivity index (χ0) is 13.4. The third-order valence-corrected chi connectivity index (χ3v) is 3.81. The van der Waals surface area contributed by atoms with Gasteiger partial charge in [0.25, 0.3) is 0 Å². The summed E-state index contributed by atoms with van der Waals surface area (Å²) in [6.45, 7) is 2.79. The van der Waals surface area contributed by atoms with Crippen LogP contribution in [0.2, 0.25) is 0 Å². The van der Waals surface area contributed by atoms with E-state index in [4.69, 9.17) is 0 Å². The summed E-state index contributed by atoms with van der Waals surface area (Å²) in [5.41, 5.74) is 1.05. The van der Waals surface area contributed by atoms with Crippen molar-refractivity contribution in [2.75, 3.05) is 13.6 Å². The first kappa shape index (κ1) is 14.7. The second kappa shape index (κ2) is 7.17. The lowest BCUT2D eigenvalue weighted by Crippen LogP contribution is -2.24. The zero-order valence-electron chi connectivity index (χ0n) is 10.7. The van der Waals surface area contributed by atoms with Crippen LogP contribution in [0.1, 0.15) is 18.9 Å². The second-order valence-electron chi connectivity index (χ2n) is 3.75. The van der Waals surface area contributed by atoms with Crippen LogP contribution in [0.4, 0.5) is 0 Å². The van der Waals surface area contributed by atoms with Crippen molar-refractivity contribution < 1.29 is 8.42 Å². The minimum Gasteiger partial charge on any atom is -0.316 e. The SMILES string of the molecule is CC#CCCNS(=O)(=O)c1ccc(CNC)cc1. The Kier molecular flexibility index (Phi) is 5.86. The van der Waals surface area contributed by atoms with Gasteiger partial charge < -0.3 is 5.32 Å². The summed E-state index contributed by atoms with van der Waals surface area (Å²) in [7, 11) is -1.56. The first-order chi connectivity index (χ1) is 8.60. The Morgan fingerprint density at radius 1 is 1.22 bits per heavy atom. The van der Waals surface area contributed by atoms with Crippen LogP contribution in [-0.2, 0) is 16.6 Å². The summed E-state index contributed by atoms with van der Waals surface area (Å²) in [4.78, 5) is 0.284. The Balaban J connectivity index is 2.68. The van der Waals surface area contributed by atoms with Crippen molar-refractivity contribution in [3.63, 3.8) is 0 Å². The molecule has 4 nitrogen and oxygen atoms in total. The molecule has 98 valence electrons. The van der Waals surface area contributed by atoms with Gasteiger partial charge in [-0.25, -0.2) is 13.1 Å². The topological polar surface area (TPSA) is 58.2 Å². The molecule has 0 saturated carbocycles. The van der Waals surface area contributed by atoms with Gasteiger partial charge in [-0.3, -0.25) is 0 Å². The lowest BCUT2D eigenvalue weighted by atomic mass is 10.2. The third kappa shape index (κ3) is 4.49. The predicted octanol–water partition coefficient (Wildman–Crippen LogP) is 1.10. The van der Waals surface area contributed by atoms with E-state index in [2.05, 4.69) is 21.9 Å². The molecule has 0 aliphatic rings. The van der Waals surface area contributed by atoms with Crippen LogP contribution in [0.15, 0.2) is 29.2 Å². The van der Waals surface area contributed by atoms with E-state index in [-0.39, 0.29) is 4.90 Å². The van der Waals surface area contributed by atoms with Crippen molar-refractivity contribution in [3.8, 4) is 11.8 Å². The summed E-state index contributed by atoms with van der Waals surface area (Å²) >= 11 is 0. The summed E-state index contributed by atoms with van der Waals surface area (Å²) in [6.07, 6.45) is 0.521. The fraction of sp³-hybridized carbons (Fsp3) is 0.385. The fourth-order valence-corrected chi connectivity index (χ4v) is 2.48. The van der Waals surface area contributed by atoms with Gasteiger partial charge >= 0.3 is 0 Å². The van der Waals surface area contributed by atoms with Crippen LogP contribution in [0.3, 0.4) is 0 Å². The van der Waals surface area contributed by atoms with Crippen LogP contribution in [0.25, 0.3) is 0 Å². The molecule has 5 heteroatoms. The fourth-order valence-electron chi connectivity index (χ4n) is 1.45. The summed E-state index contributed by atoms with van der Waals surface area (Å²) in [5, 5.41) is 3.01. The lowest BCUT2D eigenvalue weighted by molar-refractivity contribution is 0.582. The molecule has 0 amide bonds. The highest BCUT2D eigenvalue weighted by Crippen LogP contribution is 2.10. The molecule has 0 heterocycles. The van der Waals surface area contributed by atoms with Crippen molar-refractivity contribution >= 4 is 10.0 Å². The Labute approximate surface area is 109 Å². The van der Waals surface area contributed by atoms with E-state index in [1.54, 1.807) is 31.2 Å². The van der Waals surface area contributed by atoms with Crippen LogP contribution < -0.4 is 10.0 Å². The maximum absolute atomic E-state index is 11.9. The van der Waals surface area contributed by atoms with Crippen LogP contribution in [-0.4, -0.2) is 22.0 Å². The predicted molar refractivity (Wildman–Crippen MR) is 72.5 cm³/mol. The van der Waals surface area contributed by atoms with Crippen molar-refractivity contribution in [1.82, 2.24) is 10.0 Å². The van der Waals surface area contributed by atoms with Crippen molar-refractivity contribution in [1.29, 1.82) is 0 Å².